The Kier molecular flexibility index (Phi) is 5.46. The minimum atomic E-state index is -0.950. The van der Waals surface area contributed by atoms with E-state index in [2.05, 4.69) is 20.4 Å². The van der Waals surface area contributed by atoms with Crippen LogP contribution in [0.15, 0.2) is 30.3 Å². The van der Waals surface area contributed by atoms with Gasteiger partial charge in [-0.2, -0.15) is 4.98 Å². The average Bonchev–Trinajstić information content (AvgIpc) is 2.98. The van der Waals surface area contributed by atoms with Crippen molar-refractivity contribution in [3.63, 3.8) is 0 Å². The molecule has 2 heterocycles. The van der Waals surface area contributed by atoms with Crippen molar-refractivity contribution in [2.45, 2.75) is 39.8 Å². The highest BCUT2D eigenvalue weighted by Crippen LogP contribution is 2.23. The molecule has 0 unspecified atom stereocenters. The van der Waals surface area contributed by atoms with Gasteiger partial charge >= 0.3 is 0 Å². The summed E-state index contributed by atoms with van der Waals surface area (Å²) in [6.07, 6.45) is 0.0230. The lowest BCUT2D eigenvalue weighted by atomic mass is 10.2. The molecule has 3 rings (SSSR count). The fourth-order valence-electron chi connectivity index (χ4n) is 2.74. The maximum atomic E-state index is 13.4. The zero-order valence-corrected chi connectivity index (χ0v) is 15.4. The third-order valence-electron chi connectivity index (χ3n) is 3.95. The number of halogens is 2. The van der Waals surface area contributed by atoms with Crippen molar-refractivity contribution in [1.82, 2.24) is 19.7 Å². The fraction of sp³-hybridized carbons (Fsp3) is 0.316. The summed E-state index contributed by atoms with van der Waals surface area (Å²) < 4.78 is 28.2. The molecule has 142 valence electrons. The molecule has 0 aliphatic heterocycles. The number of anilines is 2. The first-order chi connectivity index (χ1) is 12.8. The molecule has 3 aromatic rings. The van der Waals surface area contributed by atoms with E-state index in [1.54, 1.807) is 11.6 Å². The lowest BCUT2D eigenvalue weighted by molar-refractivity contribution is 0.176. The first kappa shape index (κ1) is 18.9. The summed E-state index contributed by atoms with van der Waals surface area (Å²) in [5.41, 5.74) is 2.89. The van der Waals surface area contributed by atoms with E-state index in [0.29, 0.717) is 24.5 Å². The van der Waals surface area contributed by atoms with Crippen molar-refractivity contribution in [2.75, 3.05) is 5.32 Å². The summed E-state index contributed by atoms with van der Waals surface area (Å²) in [4.78, 5) is 8.87. The van der Waals surface area contributed by atoms with Crippen LogP contribution in [0.25, 0.3) is 11.4 Å². The molecule has 0 fully saturated rings. The highest BCUT2D eigenvalue weighted by molar-refractivity contribution is 5.60. The number of nitrogens with one attached hydrogen (secondary N) is 1. The summed E-state index contributed by atoms with van der Waals surface area (Å²) in [5, 5.41) is 16.9. The van der Waals surface area contributed by atoms with Crippen LogP contribution in [-0.4, -0.2) is 31.0 Å². The van der Waals surface area contributed by atoms with Crippen molar-refractivity contribution in [3.8, 4) is 11.4 Å². The quantitative estimate of drug-likeness (QED) is 0.688. The lowest BCUT2D eigenvalue weighted by Crippen LogP contribution is -2.10. The zero-order valence-electron chi connectivity index (χ0n) is 15.4. The molecule has 6 nitrogen and oxygen atoms in total. The third kappa shape index (κ3) is 4.65. The summed E-state index contributed by atoms with van der Waals surface area (Å²) in [7, 11) is 0. The van der Waals surface area contributed by atoms with E-state index >= 15 is 0 Å². The Hall–Kier alpha value is -2.87. The molecule has 0 saturated carbocycles. The Morgan fingerprint density at radius 3 is 2.41 bits per heavy atom. The molecule has 0 aliphatic rings. The molecule has 27 heavy (non-hydrogen) atoms. The summed E-state index contributed by atoms with van der Waals surface area (Å²) in [5.74, 6) is -1.00. The lowest BCUT2D eigenvalue weighted by Gasteiger charge is -2.08. The van der Waals surface area contributed by atoms with Crippen LogP contribution in [0.5, 0.6) is 0 Å². The number of hydrogen-bond acceptors (Lipinski definition) is 5. The molecule has 0 spiro atoms. The van der Waals surface area contributed by atoms with E-state index in [0.717, 1.165) is 29.1 Å². The fourth-order valence-corrected chi connectivity index (χ4v) is 2.74. The molecule has 1 aromatic carbocycles. The summed E-state index contributed by atoms with van der Waals surface area (Å²) in [6.45, 7) is 5.96. The van der Waals surface area contributed by atoms with Crippen LogP contribution < -0.4 is 5.32 Å². The van der Waals surface area contributed by atoms with Crippen molar-refractivity contribution in [2.24, 2.45) is 0 Å². The highest BCUT2D eigenvalue weighted by Gasteiger charge is 2.15. The van der Waals surface area contributed by atoms with E-state index < -0.39 is 17.7 Å². The van der Waals surface area contributed by atoms with Gasteiger partial charge in [-0.3, -0.25) is 4.98 Å². The Bertz CT molecular complexity index is 935. The van der Waals surface area contributed by atoms with Gasteiger partial charge in [-0.15, -0.1) is 5.10 Å². The molecule has 2 aromatic heterocycles. The monoisotopic (exact) mass is 373 g/mol. The number of nitrogens with zero attached hydrogens (tertiary/aromatic N) is 4. The Morgan fingerprint density at radius 1 is 1.07 bits per heavy atom. The second-order valence-electron chi connectivity index (χ2n) is 6.51. The van der Waals surface area contributed by atoms with Crippen molar-refractivity contribution in [1.29, 1.82) is 0 Å². The van der Waals surface area contributed by atoms with Gasteiger partial charge in [0.25, 0.3) is 0 Å². The van der Waals surface area contributed by atoms with Gasteiger partial charge in [0.05, 0.1) is 6.10 Å². The van der Waals surface area contributed by atoms with E-state index in [4.69, 9.17) is 0 Å². The first-order valence-corrected chi connectivity index (χ1v) is 8.62. The number of aliphatic hydroxyl groups excluding tert-OH is 1. The summed E-state index contributed by atoms with van der Waals surface area (Å²) in [6, 6.07) is 7.30. The highest BCUT2D eigenvalue weighted by atomic mass is 19.2. The van der Waals surface area contributed by atoms with Gasteiger partial charge in [0.2, 0.25) is 5.95 Å². The Morgan fingerprint density at radius 2 is 1.78 bits per heavy atom. The van der Waals surface area contributed by atoms with Crippen molar-refractivity contribution < 1.29 is 13.9 Å². The molecule has 0 amide bonds. The van der Waals surface area contributed by atoms with Gasteiger partial charge in [-0.25, -0.2) is 13.5 Å². The van der Waals surface area contributed by atoms with Gasteiger partial charge < -0.3 is 10.4 Å². The maximum absolute atomic E-state index is 13.4. The number of rotatable bonds is 6. The first-order valence-electron chi connectivity index (χ1n) is 8.62. The minimum Gasteiger partial charge on any atom is -0.393 e. The second-order valence-corrected chi connectivity index (χ2v) is 6.51. The van der Waals surface area contributed by atoms with Gasteiger partial charge in [0.1, 0.15) is 0 Å². The molecule has 1 atom stereocenters. The SMILES string of the molecule is Cc1cc(-c2nc(Nc3ccc(F)c(F)c3)nn2CC[C@H](C)O)cc(C)n1. The van der Waals surface area contributed by atoms with E-state index in [-0.39, 0.29) is 5.95 Å². The van der Waals surface area contributed by atoms with Gasteiger partial charge in [0, 0.05) is 35.2 Å². The minimum absolute atomic E-state index is 0.258. The van der Waals surface area contributed by atoms with Crippen LogP contribution in [0.3, 0.4) is 0 Å². The summed E-state index contributed by atoms with van der Waals surface area (Å²) >= 11 is 0. The molecular weight excluding hydrogens is 352 g/mol. The van der Waals surface area contributed by atoms with Gasteiger partial charge in [-0.05, 0) is 51.5 Å². The smallest absolute Gasteiger partial charge is 0.247 e. The van der Waals surface area contributed by atoms with Gasteiger partial charge in [-0.1, -0.05) is 0 Å². The number of aliphatic hydroxyl groups is 1. The number of aryl methyl sites for hydroxylation is 3. The molecule has 0 saturated heterocycles. The van der Waals surface area contributed by atoms with Crippen LogP contribution in [0, 0.1) is 25.5 Å². The largest absolute Gasteiger partial charge is 0.393 e. The second kappa shape index (κ2) is 7.79. The average molecular weight is 373 g/mol. The van der Waals surface area contributed by atoms with E-state index in [1.807, 2.05) is 26.0 Å². The molecule has 0 aliphatic carbocycles. The van der Waals surface area contributed by atoms with Crippen LogP contribution in [0.4, 0.5) is 20.4 Å². The van der Waals surface area contributed by atoms with E-state index in [9.17, 15) is 13.9 Å². The zero-order chi connectivity index (χ0) is 19.6. The molecular formula is C19H21F2N5O. The van der Waals surface area contributed by atoms with Crippen LogP contribution in [0.2, 0.25) is 0 Å². The standard InChI is InChI=1S/C19H21F2N5O/c1-11-8-14(9-12(2)22-11)18-24-19(25-26(18)7-6-13(3)27)23-15-4-5-16(20)17(21)10-15/h4-5,8-10,13,27H,6-7H2,1-3H3,(H,23,25)/t13-/m0/s1. The number of pyridine rings is 1. The van der Waals surface area contributed by atoms with Crippen molar-refractivity contribution >= 4 is 11.6 Å². The molecule has 8 heteroatoms. The Labute approximate surface area is 155 Å². The maximum Gasteiger partial charge on any atom is 0.247 e. The molecule has 2 N–H and O–H groups in total. The van der Waals surface area contributed by atoms with Gasteiger partial charge in [0.15, 0.2) is 17.5 Å². The number of hydrogen-bond donors (Lipinski definition) is 2. The Balaban J connectivity index is 1.96. The van der Waals surface area contributed by atoms with Crippen LogP contribution in [0.1, 0.15) is 24.7 Å². The normalized spacial score (nSPS) is 12.2. The van der Waals surface area contributed by atoms with Crippen molar-refractivity contribution in [3.05, 3.63) is 53.4 Å². The van der Waals surface area contributed by atoms with Crippen LogP contribution >= 0.6 is 0 Å². The predicted octanol–water partition coefficient (Wildman–Crippen LogP) is 3.75. The number of benzene rings is 1. The topological polar surface area (TPSA) is 75.9 Å². The molecule has 0 bridgehead atoms. The van der Waals surface area contributed by atoms with E-state index in [1.165, 1.54) is 6.07 Å². The molecule has 0 radical (unpaired) electrons. The third-order valence-corrected chi connectivity index (χ3v) is 3.95. The van der Waals surface area contributed by atoms with Crippen LogP contribution in [-0.2, 0) is 6.54 Å². The predicted molar refractivity (Wildman–Crippen MR) is 98.7 cm³/mol. The number of aromatic nitrogens is 4.